The summed E-state index contributed by atoms with van der Waals surface area (Å²) in [5, 5.41) is 0.0346. The van der Waals surface area contributed by atoms with E-state index in [1.54, 1.807) is 6.92 Å². The first-order valence-electron chi connectivity index (χ1n) is 7.47. The first-order chi connectivity index (χ1) is 9.44. The lowest BCUT2D eigenvalue weighted by molar-refractivity contribution is -0.136. The van der Waals surface area contributed by atoms with Gasteiger partial charge in [0.05, 0.1) is 0 Å². The molecule has 1 rings (SSSR count). The van der Waals surface area contributed by atoms with Gasteiger partial charge in [0.1, 0.15) is 6.10 Å². The molecule has 21 heavy (non-hydrogen) atoms. The molecule has 1 fully saturated rings. The molecule has 0 radical (unpaired) electrons. The summed E-state index contributed by atoms with van der Waals surface area (Å²) in [6.07, 6.45) is 0.768. The van der Waals surface area contributed by atoms with Crippen LogP contribution in [-0.2, 0) is 14.0 Å². The molecule has 1 saturated carbocycles. The fourth-order valence-corrected chi connectivity index (χ4v) is 3.22. The third kappa shape index (κ3) is 4.79. The second-order valence-electron chi connectivity index (χ2n) is 7.43. The molecule has 4 N–H and O–H groups in total. The first kappa shape index (κ1) is 18.1. The van der Waals surface area contributed by atoms with Crippen LogP contribution in [0.2, 0.25) is 18.1 Å². The topological polar surface area (TPSA) is 93.5 Å². The van der Waals surface area contributed by atoms with Crippen LogP contribution < -0.4 is 16.6 Å². The van der Waals surface area contributed by atoms with E-state index in [9.17, 15) is 9.59 Å². The van der Waals surface area contributed by atoms with E-state index in [1.807, 2.05) is 0 Å². The highest BCUT2D eigenvalue weighted by atomic mass is 28.4. The zero-order chi connectivity index (χ0) is 16.4. The summed E-state index contributed by atoms with van der Waals surface area (Å²) in [5.41, 5.74) is 10.5. The lowest BCUT2D eigenvalue weighted by Gasteiger charge is -2.38. The van der Waals surface area contributed by atoms with Gasteiger partial charge in [0.2, 0.25) is 5.91 Å². The van der Waals surface area contributed by atoms with E-state index in [0.29, 0.717) is 12.8 Å². The minimum absolute atomic E-state index is 0.0346. The number of hydrogen-bond donors (Lipinski definition) is 3. The summed E-state index contributed by atoms with van der Waals surface area (Å²) in [7, 11) is -2.00. The molecule has 0 bridgehead atoms. The lowest BCUT2D eigenvalue weighted by Crippen LogP contribution is -2.54. The van der Waals surface area contributed by atoms with Crippen molar-refractivity contribution in [2.45, 2.75) is 70.8 Å². The second kappa shape index (κ2) is 6.45. The molecule has 0 heterocycles. The van der Waals surface area contributed by atoms with Crippen molar-refractivity contribution in [1.29, 1.82) is 0 Å². The normalized spacial score (nSPS) is 24.0. The summed E-state index contributed by atoms with van der Waals surface area (Å²) in [6, 6.07) is 0.109. The molecule has 2 amide bonds. The number of carbonyl (C=O) groups excluding carboxylic acids is 2. The largest absolute Gasteiger partial charge is 0.405 e. The van der Waals surface area contributed by atoms with Gasteiger partial charge in [0.15, 0.2) is 8.32 Å². The summed E-state index contributed by atoms with van der Waals surface area (Å²) in [6.45, 7) is 12.2. The average molecular weight is 315 g/mol. The Hall–Kier alpha value is -0.923. The SMILES string of the molecule is C[C@H](O[Si](C)(C)C(C)(C)C)C(=O)NNC(=O)C1CC(N)C1. The standard InChI is InChI=1S/C14H29N3O3Si/c1-9(20-21(5,6)14(2,3)4)12(18)16-17-13(19)10-7-11(15)8-10/h9-11H,7-8,15H2,1-6H3,(H,16,18)(H,17,19)/t9-,10?,11?/m0/s1. The van der Waals surface area contributed by atoms with E-state index in [-0.39, 0.29) is 28.8 Å². The smallest absolute Gasteiger partial charge is 0.265 e. The second-order valence-corrected chi connectivity index (χ2v) is 12.2. The van der Waals surface area contributed by atoms with E-state index in [1.165, 1.54) is 0 Å². The van der Waals surface area contributed by atoms with Crippen LogP contribution in [0.3, 0.4) is 0 Å². The van der Waals surface area contributed by atoms with Crippen LogP contribution in [0.5, 0.6) is 0 Å². The van der Waals surface area contributed by atoms with Crippen molar-refractivity contribution < 1.29 is 14.0 Å². The quantitative estimate of drug-likeness (QED) is 0.538. The number of nitrogens with one attached hydrogen (secondary N) is 2. The lowest BCUT2D eigenvalue weighted by atomic mass is 9.80. The summed E-state index contributed by atoms with van der Waals surface area (Å²) < 4.78 is 5.97. The Morgan fingerprint density at radius 1 is 1.24 bits per heavy atom. The third-order valence-electron chi connectivity index (χ3n) is 4.50. The minimum atomic E-state index is -2.00. The molecule has 1 aliphatic rings. The van der Waals surface area contributed by atoms with E-state index < -0.39 is 14.4 Å². The number of rotatable bonds is 4. The maximum absolute atomic E-state index is 12.0. The Bertz CT molecular complexity index is 401. The van der Waals surface area contributed by atoms with E-state index in [4.69, 9.17) is 10.2 Å². The van der Waals surface area contributed by atoms with Gasteiger partial charge in [-0.2, -0.15) is 0 Å². The molecule has 1 atom stereocenters. The van der Waals surface area contributed by atoms with Gasteiger partial charge in [0, 0.05) is 12.0 Å². The highest BCUT2D eigenvalue weighted by Gasteiger charge is 2.39. The molecule has 0 aromatic carbocycles. The number of nitrogens with two attached hydrogens (primary N) is 1. The van der Waals surface area contributed by atoms with Gasteiger partial charge < -0.3 is 10.2 Å². The molecule has 7 heteroatoms. The van der Waals surface area contributed by atoms with Crippen LogP contribution in [0.1, 0.15) is 40.5 Å². The van der Waals surface area contributed by atoms with Crippen molar-refractivity contribution in [3.63, 3.8) is 0 Å². The van der Waals surface area contributed by atoms with Gasteiger partial charge in [-0.3, -0.25) is 20.4 Å². The summed E-state index contributed by atoms with van der Waals surface area (Å²) in [5.74, 6) is -0.585. The minimum Gasteiger partial charge on any atom is -0.405 e. The monoisotopic (exact) mass is 315 g/mol. The molecule has 0 aliphatic heterocycles. The van der Waals surface area contributed by atoms with Crippen LogP contribution in [0, 0.1) is 5.92 Å². The van der Waals surface area contributed by atoms with Gasteiger partial charge in [-0.15, -0.1) is 0 Å². The predicted octanol–water partition coefficient (Wildman–Crippen LogP) is 1.28. The van der Waals surface area contributed by atoms with E-state index in [0.717, 1.165) is 0 Å². The first-order valence-corrected chi connectivity index (χ1v) is 10.4. The van der Waals surface area contributed by atoms with Gasteiger partial charge in [-0.1, -0.05) is 20.8 Å². The van der Waals surface area contributed by atoms with Crippen molar-refractivity contribution in [2.75, 3.05) is 0 Å². The highest BCUT2D eigenvalue weighted by molar-refractivity contribution is 6.74. The molecule has 122 valence electrons. The van der Waals surface area contributed by atoms with Crippen molar-refractivity contribution in [1.82, 2.24) is 10.9 Å². The fraction of sp³-hybridized carbons (Fsp3) is 0.857. The van der Waals surface area contributed by atoms with Gasteiger partial charge in [-0.05, 0) is 37.9 Å². The van der Waals surface area contributed by atoms with E-state index in [2.05, 4.69) is 44.7 Å². The maximum atomic E-state index is 12.0. The van der Waals surface area contributed by atoms with Crippen molar-refractivity contribution in [3.05, 3.63) is 0 Å². The van der Waals surface area contributed by atoms with Crippen molar-refractivity contribution >= 4 is 20.1 Å². The zero-order valence-corrected chi connectivity index (χ0v) is 14.9. The number of carbonyl (C=O) groups is 2. The van der Waals surface area contributed by atoms with Crippen molar-refractivity contribution in [3.8, 4) is 0 Å². The van der Waals surface area contributed by atoms with Gasteiger partial charge in [0.25, 0.3) is 5.91 Å². The molecule has 0 unspecified atom stereocenters. The number of amides is 2. The Morgan fingerprint density at radius 2 is 1.76 bits per heavy atom. The predicted molar refractivity (Wildman–Crippen MR) is 84.7 cm³/mol. The third-order valence-corrected chi connectivity index (χ3v) is 9.06. The number of hydrazine groups is 1. The van der Waals surface area contributed by atoms with Crippen LogP contribution in [0.4, 0.5) is 0 Å². The Balaban J connectivity index is 2.39. The Kier molecular flexibility index (Phi) is 5.57. The molecule has 0 spiro atoms. The van der Waals surface area contributed by atoms with Gasteiger partial charge >= 0.3 is 0 Å². The van der Waals surface area contributed by atoms with Crippen LogP contribution in [0.15, 0.2) is 0 Å². The van der Waals surface area contributed by atoms with Crippen LogP contribution >= 0.6 is 0 Å². The average Bonchev–Trinajstić information content (AvgIpc) is 2.29. The van der Waals surface area contributed by atoms with E-state index >= 15 is 0 Å². The maximum Gasteiger partial charge on any atom is 0.265 e. The summed E-state index contributed by atoms with van der Waals surface area (Å²) in [4.78, 5) is 23.7. The van der Waals surface area contributed by atoms with Gasteiger partial charge in [-0.25, -0.2) is 0 Å². The Morgan fingerprint density at radius 3 is 2.19 bits per heavy atom. The Labute approximate surface area is 128 Å². The molecular formula is C14H29N3O3Si. The zero-order valence-electron chi connectivity index (χ0n) is 13.9. The summed E-state index contributed by atoms with van der Waals surface area (Å²) >= 11 is 0. The fourth-order valence-electron chi connectivity index (χ4n) is 1.88. The molecule has 0 aromatic rings. The molecule has 0 aromatic heterocycles. The van der Waals surface area contributed by atoms with Crippen LogP contribution in [-0.4, -0.2) is 32.3 Å². The molecule has 0 saturated heterocycles. The highest BCUT2D eigenvalue weighted by Crippen LogP contribution is 2.37. The molecule has 6 nitrogen and oxygen atoms in total. The molecule has 1 aliphatic carbocycles. The van der Waals surface area contributed by atoms with Crippen molar-refractivity contribution in [2.24, 2.45) is 11.7 Å². The van der Waals surface area contributed by atoms with Crippen LogP contribution in [0.25, 0.3) is 0 Å². The number of hydrogen-bond acceptors (Lipinski definition) is 4. The molecular weight excluding hydrogens is 286 g/mol.